The summed E-state index contributed by atoms with van der Waals surface area (Å²) in [6.07, 6.45) is 1.73. The Bertz CT molecular complexity index is 1340. The number of nitrogens with zero attached hydrogens (tertiary/aromatic N) is 2. The van der Waals surface area contributed by atoms with Gasteiger partial charge in [-0.2, -0.15) is 0 Å². The topological polar surface area (TPSA) is 67.6 Å². The highest BCUT2D eigenvalue weighted by atomic mass is 32.1. The highest BCUT2D eigenvalue weighted by Crippen LogP contribution is 2.42. The summed E-state index contributed by atoms with van der Waals surface area (Å²) < 4.78 is 24.7. The van der Waals surface area contributed by atoms with Crippen LogP contribution in [-0.4, -0.2) is 23.2 Å². The summed E-state index contributed by atoms with van der Waals surface area (Å²) in [5, 5.41) is 3.83. The van der Waals surface area contributed by atoms with E-state index in [1.54, 1.807) is 36.5 Å². The van der Waals surface area contributed by atoms with Gasteiger partial charge in [-0.1, -0.05) is 18.2 Å². The van der Waals surface area contributed by atoms with E-state index in [1.807, 2.05) is 41.3 Å². The number of nitrogens with one attached hydrogen (secondary N) is 1. The molecule has 2 aromatic heterocycles. The smallest absolute Gasteiger partial charge is 0.337 e. The summed E-state index contributed by atoms with van der Waals surface area (Å²) in [7, 11) is 1.35. The minimum Gasteiger partial charge on any atom is -0.465 e. The number of hydrogen-bond acceptors (Lipinski definition) is 5. The molecule has 170 valence electrons. The van der Waals surface area contributed by atoms with Crippen molar-refractivity contribution in [2.45, 2.75) is 12.1 Å². The highest BCUT2D eigenvalue weighted by molar-refractivity contribution is 7.80. The van der Waals surface area contributed by atoms with Crippen molar-refractivity contribution in [2.75, 3.05) is 12.0 Å². The number of ether oxygens (including phenoxy) is 1. The number of pyridine rings is 1. The predicted molar refractivity (Wildman–Crippen MR) is 130 cm³/mol. The second kappa shape index (κ2) is 9.07. The SMILES string of the molecule is COC(=O)c1cccc(-c2ccc([C@@H]3[C@H](c4ccccn4)NC(=S)N3c3ccc(F)cc3)o2)c1. The summed E-state index contributed by atoms with van der Waals surface area (Å²) in [6.45, 7) is 0. The number of anilines is 1. The average Bonchev–Trinajstić information content (AvgIpc) is 3.49. The van der Waals surface area contributed by atoms with E-state index in [0.717, 1.165) is 16.9 Å². The van der Waals surface area contributed by atoms with Crippen LogP contribution in [0.4, 0.5) is 10.1 Å². The van der Waals surface area contributed by atoms with E-state index < -0.39 is 5.97 Å². The molecule has 2 atom stereocenters. The Hall–Kier alpha value is -4.04. The van der Waals surface area contributed by atoms with Crippen LogP contribution in [0.3, 0.4) is 0 Å². The molecule has 0 spiro atoms. The maximum atomic E-state index is 13.6. The molecule has 1 saturated heterocycles. The first-order chi connectivity index (χ1) is 16.5. The van der Waals surface area contributed by atoms with Gasteiger partial charge in [-0.05, 0) is 72.9 Å². The highest BCUT2D eigenvalue weighted by Gasteiger charge is 2.42. The Balaban J connectivity index is 1.57. The van der Waals surface area contributed by atoms with E-state index in [9.17, 15) is 9.18 Å². The molecule has 1 aliphatic heterocycles. The fraction of sp³-hybridized carbons (Fsp3) is 0.115. The number of halogens is 1. The fourth-order valence-corrected chi connectivity index (χ4v) is 4.45. The van der Waals surface area contributed by atoms with E-state index in [1.165, 1.54) is 19.2 Å². The lowest BCUT2D eigenvalue weighted by molar-refractivity contribution is 0.0601. The summed E-state index contributed by atoms with van der Waals surface area (Å²) >= 11 is 5.67. The molecule has 0 amide bonds. The molecular formula is C26H20FN3O3S. The van der Waals surface area contributed by atoms with Crippen molar-refractivity contribution in [2.24, 2.45) is 0 Å². The van der Waals surface area contributed by atoms with Crippen LogP contribution in [0.25, 0.3) is 11.3 Å². The van der Waals surface area contributed by atoms with E-state index in [4.69, 9.17) is 21.4 Å². The molecular weight excluding hydrogens is 453 g/mol. The van der Waals surface area contributed by atoms with E-state index in [0.29, 0.717) is 22.2 Å². The monoisotopic (exact) mass is 473 g/mol. The number of aromatic nitrogens is 1. The average molecular weight is 474 g/mol. The number of benzene rings is 2. The molecule has 1 aliphatic rings. The maximum Gasteiger partial charge on any atom is 0.337 e. The normalized spacial score (nSPS) is 17.5. The molecule has 0 bridgehead atoms. The lowest BCUT2D eigenvalue weighted by Gasteiger charge is -2.26. The van der Waals surface area contributed by atoms with Gasteiger partial charge in [-0.25, -0.2) is 9.18 Å². The number of rotatable bonds is 5. The van der Waals surface area contributed by atoms with Gasteiger partial charge < -0.3 is 19.4 Å². The Morgan fingerprint density at radius 1 is 1.09 bits per heavy atom. The van der Waals surface area contributed by atoms with Gasteiger partial charge in [0.1, 0.15) is 23.4 Å². The number of carbonyl (C=O) groups is 1. The van der Waals surface area contributed by atoms with Crippen LogP contribution >= 0.6 is 12.2 Å². The van der Waals surface area contributed by atoms with Crippen molar-refractivity contribution in [3.8, 4) is 11.3 Å². The summed E-state index contributed by atoms with van der Waals surface area (Å²) in [5.41, 5.74) is 2.70. The number of esters is 1. The third-order valence-corrected chi connectivity index (χ3v) is 6.00. The zero-order valence-electron chi connectivity index (χ0n) is 18.1. The molecule has 0 aliphatic carbocycles. The van der Waals surface area contributed by atoms with Gasteiger partial charge in [0.05, 0.1) is 24.4 Å². The fourth-order valence-electron chi connectivity index (χ4n) is 4.11. The Morgan fingerprint density at radius 2 is 1.91 bits per heavy atom. The predicted octanol–water partition coefficient (Wildman–Crippen LogP) is 5.44. The first kappa shape index (κ1) is 21.8. The van der Waals surface area contributed by atoms with Crippen molar-refractivity contribution >= 4 is 29.0 Å². The van der Waals surface area contributed by atoms with Gasteiger partial charge in [-0.15, -0.1) is 0 Å². The van der Waals surface area contributed by atoms with E-state index in [2.05, 4.69) is 10.3 Å². The number of thiocarbonyl (C=S) groups is 1. The van der Waals surface area contributed by atoms with Crippen LogP contribution in [0.1, 0.15) is 33.9 Å². The largest absolute Gasteiger partial charge is 0.465 e. The zero-order chi connectivity index (χ0) is 23.7. The molecule has 8 heteroatoms. The molecule has 34 heavy (non-hydrogen) atoms. The number of hydrogen-bond donors (Lipinski definition) is 1. The van der Waals surface area contributed by atoms with Crippen LogP contribution in [0.15, 0.2) is 89.5 Å². The van der Waals surface area contributed by atoms with Gasteiger partial charge in [0.25, 0.3) is 0 Å². The maximum absolute atomic E-state index is 13.6. The van der Waals surface area contributed by atoms with Gasteiger partial charge in [-0.3, -0.25) is 4.98 Å². The van der Waals surface area contributed by atoms with Crippen LogP contribution < -0.4 is 10.2 Å². The van der Waals surface area contributed by atoms with E-state index in [-0.39, 0.29) is 17.9 Å². The van der Waals surface area contributed by atoms with Crippen LogP contribution in [0.2, 0.25) is 0 Å². The Labute approximate surface area is 201 Å². The van der Waals surface area contributed by atoms with Gasteiger partial charge in [0.15, 0.2) is 5.11 Å². The second-order valence-corrected chi connectivity index (χ2v) is 8.13. The third-order valence-electron chi connectivity index (χ3n) is 5.69. The summed E-state index contributed by atoms with van der Waals surface area (Å²) in [5.74, 6) is 0.491. The molecule has 2 aromatic carbocycles. The zero-order valence-corrected chi connectivity index (χ0v) is 19.0. The lowest BCUT2D eigenvalue weighted by atomic mass is 10.0. The minimum absolute atomic E-state index is 0.292. The van der Waals surface area contributed by atoms with Crippen LogP contribution in [0.5, 0.6) is 0 Å². The minimum atomic E-state index is -0.420. The standard InChI is InChI=1S/C26H20FN3O3S/c1-32-25(31)17-6-4-5-16(15-17)21-12-13-22(33-21)24-23(20-7-2-3-14-28-20)29-26(34)30(24)19-10-8-18(27)9-11-19/h2-15,23-24H,1H3,(H,29,34)/t23-,24+/m0/s1. The van der Waals surface area contributed by atoms with Crippen molar-refractivity contribution in [1.29, 1.82) is 0 Å². The van der Waals surface area contributed by atoms with Crippen molar-refractivity contribution in [1.82, 2.24) is 10.3 Å². The number of furan rings is 1. The molecule has 5 rings (SSSR count). The van der Waals surface area contributed by atoms with Gasteiger partial charge >= 0.3 is 5.97 Å². The molecule has 1 N–H and O–H groups in total. The number of carbonyl (C=O) groups excluding carboxylic acids is 1. The van der Waals surface area contributed by atoms with E-state index >= 15 is 0 Å². The second-order valence-electron chi connectivity index (χ2n) is 7.75. The van der Waals surface area contributed by atoms with Gasteiger partial charge in [0.2, 0.25) is 0 Å². The Morgan fingerprint density at radius 3 is 2.65 bits per heavy atom. The third kappa shape index (κ3) is 4.04. The van der Waals surface area contributed by atoms with Crippen LogP contribution in [-0.2, 0) is 4.74 Å². The molecule has 3 heterocycles. The quantitative estimate of drug-likeness (QED) is 0.306. The van der Waals surface area contributed by atoms with Crippen molar-refractivity contribution < 1.29 is 18.3 Å². The molecule has 1 fully saturated rings. The molecule has 6 nitrogen and oxygen atoms in total. The molecule has 4 aromatic rings. The van der Waals surface area contributed by atoms with Gasteiger partial charge in [0, 0.05) is 17.4 Å². The summed E-state index contributed by atoms with van der Waals surface area (Å²) in [4.78, 5) is 18.4. The summed E-state index contributed by atoms with van der Waals surface area (Å²) in [6, 6.07) is 22.0. The Kier molecular flexibility index (Phi) is 5.81. The lowest BCUT2D eigenvalue weighted by Crippen LogP contribution is -2.29. The molecule has 0 saturated carbocycles. The van der Waals surface area contributed by atoms with Crippen molar-refractivity contribution in [3.63, 3.8) is 0 Å². The number of methoxy groups -OCH3 is 1. The van der Waals surface area contributed by atoms with Crippen molar-refractivity contribution in [3.05, 3.63) is 108 Å². The molecule has 0 radical (unpaired) electrons. The first-order valence-electron chi connectivity index (χ1n) is 10.6. The molecule has 0 unspecified atom stereocenters. The first-order valence-corrected chi connectivity index (χ1v) is 11.0. The van der Waals surface area contributed by atoms with Crippen LogP contribution in [0, 0.1) is 5.82 Å².